The second-order valence-electron chi connectivity index (χ2n) is 5.06. The van der Waals surface area contributed by atoms with Crippen LogP contribution in [0.15, 0.2) is 18.3 Å². The topological polar surface area (TPSA) is 46.2 Å². The monoisotopic (exact) mass is 249 g/mol. The minimum atomic E-state index is 0.162. The fourth-order valence-electron chi connectivity index (χ4n) is 2.17. The molecule has 1 aromatic rings. The van der Waals surface area contributed by atoms with Gasteiger partial charge >= 0.3 is 0 Å². The molecule has 1 aliphatic heterocycles. The van der Waals surface area contributed by atoms with Gasteiger partial charge in [-0.25, -0.2) is 4.98 Å². The number of nitrogens with one attached hydrogen (secondary N) is 2. The first-order chi connectivity index (χ1) is 8.75. The van der Waals surface area contributed by atoms with Crippen molar-refractivity contribution >= 4 is 0 Å². The minimum Gasteiger partial charge on any atom is -0.475 e. The average molecular weight is 249 g/mol. The maximum Gasteiger partial charge on any atom is 0.218 e. The first-order valence-corrected chi connectivity index (χ1v) is 6.80. The van der Waals surface area contributed by atoms with Gasteiger partial charge in [0.1, 0.15) is 0 Å². The van der Waals surface area contributed by atoms with Crippen LogP contribution in [0.25, 0.3) is 0 Å². The molecule has 1 aliphatic rings. The molecule has 0 amide bonds. The lowest BCUT2D eigenvalue weighted by Crippen LogP contribution is -2.42. The Balaban J connectivity index is 1.91. The molecule has 1 aromatic heterocycles. The van der Waals surface area contributed by atoms with Crippen LogP contribution in [-0.2, 0) is 6.54 Å². The third kappa shape index (κ3) is 3.96. The quantitative estimate of drug-likeness (QED) is 0.834. The fourth-order valence-corrected chi connectivity index (χ4v) is 2.17. The molecular formula is C14H23N3O. The molecule has 4 heteroatoms. The number of nitrogens with zero attached hydrogens (tertiary/aromatic N) is 1. The van der Waals surface area contributed by atoms with Gasteiger partial charge in [-0.15, -0.1) is 0 Å². The average Bonchev–Trinajstić information content (AvgIpc) is 2.38. The van der Waals surface area contributed by atoms with Crippen LogP contribution >= 0.6 is 0 Å². The summed E-state index contributed by atoms with van der Waals surface area (Å²) in [6.07, 6.45) is 4.44. The van der Waals surface area contributed by atoms with E-state index in [4.69, 9.17) is 4.74 Å². The highest BCUT2D eigenvalue weighted by Crippen LogP contribution is 2.16. The SMILES string of the molecule is CC(C)Oc1ncccc1CNC1CCCNC1. The van der Waals surface area contributed by atoms with E-state index in [0.29, 0.717) is 6.04 Å². The first kappa shape index (κ1) is 13.3. The Morgan fingerprint density at radius 2 is 2.44 bits per heavy atom. The zero-order chi connectivity index (χ0) is 12.8. The van der Waals surface area contributed by atoms with Gasteiger partial charge < -0.3 is 15.4 Å². The van der Waals surface area contributed by atoms with E-state index in [1.165, 1.54) is 12.8 Å². The van der Waals surface area contributed by atoms with E-state index in [9.17, 15) is 0 Å². The van der Waals surface area contributed by atoms with E-state index in [-0.39, 0.29) is 6.10 Å². The predicted octanol–water partition coefficient (Wildman–Crippen LogP) is 1.71. The summed E-state index contributed by atoms with van der Waals surface area (Å²) in [6.45, 7) is 7.07. The van der Waals surface area contributed by atoms with Gasteiger partial charge in [0.15, 0.2) is 0 Å². The number of hydrogen-bond acceptors (Lipinski definition) is 4. The van der Waals surface area contributed by atoms with Crippen LogP contribution < -0.4 is 15.4 Å². The predicted molar refractivity (Wildman–Crippen MR) is 72.7 cm³/mol. The number of rotatable bonds is 5. The van der Waals surface area contributed by atoms with E-state index in [1.807, 2.05) is 19.9 Å². The van der Waals surface area contributed by atoms with Gasteiger partial charge in [-0.2, -0.15) is 0 Å². The lowest BCUT2D eigenvalue weighted by molar-refractivity contribution is 0.229. The Bertz CT molecular complexity index is 362. The highest BCUT2D eigenvalue weighted by molar-refractivity contribution is 5.25. The summed E-state index contributed by atoms with van der Waals surface area (Å²) in [5.41, 5.74) is 1.14. The third-order valence-electron chi connectivity index (χ3n) is 3.08. The Hall–Kier alpha value is -1.13. The minimum absolute atomic E-state index is 0.162. The molecule has 0 aliphatic carbocycles. The van der Waals surface area contributed by atoms with Crippen LogP contribution in [-0.4, -0.2) is 30.2 Å². The van der Waals surface area contributed by atoms with Crippen LogP contribution in [0.1, 0.15) is 32.3 Å². The standard InChI is InChI=1S/C14H23N3O/c1-11(2)18-14-12(5-3-8-16-14)9-17-13-6-4-7-15-10-13/h3,5,8,11,13,15,17H,4,6-7,9-10H2,1-2H3. The van der Waals surface area contributed by atoms with Crippen molar-refractivity contribution in [3.63, 3.8) is 0 Å². The summed E-state index contributed by atoms with van der Waals surface area (Å²) in [5, 5.41) is 6.98. The second-order valence-corrected chi connectivity index (χ2v) is 5.06. The van der Waals surface area contributed by atoms with Gasteiger partial charge in [-0.3, -0.25) is 0 Å². The molecule has 0 spiro atoms. The zero-order valence-corrected chi connectivity index (χ0v) is 11.3. The molecule has 1 fully saturated rings. The Kier molecular flexibility index (Phi) is 4.96. The molecule has 2 heterocycles. The molecule has 0 bridgehead atoms. The number of pyridine rings is 1. The van der Waals surface area contributed by atoms with Crippen molar-refractivity contribution in [1.82, 2.24) is 15.6 Å². The van der Waals surface area contributed by atoms with Gasteiger partial charge in [0.25, 0.3) is 0 Å². The van der Waals surface area contributed by atoms with E-state index in [0.717, 1.165) is 31.1 Å². The van der Waals surface area contributed by atoms with Crippen LogP contribution in [0.4, 0.5) is 0 Å². The van der Waals surface area contributed by atoms with Gasteiger partial charge in [0.05, 0.1) is 6.10 Å². The third-order valence-corrected chi connectivity index (χ3v) is 3.08. The molecule has 100 valence electrons. The molecule has 2 N–H and O–H groups in total. The summed E-state index contributed by atoms with van der Waals surface area (Å²) in [5.74, 6) is 0.753. The molecular weight excluding hydrogens is 226 g/mol. The highest BCUT2D eigenvalue weighted by Gasteiger charge is 2.13. The maximum atomic E-state index is 5.72. The summed E-state index contributed by atoms with van der Waals surface area (Å²) in [6, 6.07) is 4.60. The fraction of sp³-hybridized carbons (Fsp3) is 0.643. The molecule has 1 saturated heterocycles. The summed E-state index contributed by atoms with van der Waals surface area (Å²) >= 11 is 0. The molecule has 4 nitrogen and oxygen atoms in total. The van der Waals surface area contributed by atoms with Crippen LogP contribution in [0, 0.1) is 0 Å². The van der Waals surface area contributed by atoms with Crippen molar-refractivity contribution in [3.05, 3.63) is 23.9 Å². The smallest absolute Gasteiger partial charge is 0.218 e. The van der Waals surface area contributed by atoms with Crippen molar-refractivity contribution in [2.24, 2.45) is 0 Å². The molecule has 18 heavy (non-hydrogen) atoms. The Morgan fingerprint density at radius 3 is 3.17 bits per heavy atom. The molecule has 0 aromatic carbocycles. The molecule has 1 atom stereocenters. The molecule has 1 unspecified atom stereocenters. The molecule has 2 rings (SSSR count). The van der Waals surface area contributed by atoms with E-state index in [1.54, 1.807) is 6.20 Å². The molecule has 0 radical (unpaired) electrons. The van der Waals surface area contributed by atoms with E-state index in [2.05, 4.69) is 21.7 Å². The first-order valence-electron chi connectivity index (χ1n) is 6.80. The second kappa shape index (κ2) is 6.71. The normalized spacial score (nSPS) is 20.1. The number of ether oxygens (including phenoxy) is 1. The van der Waals surface area contributed by atoms with Crippen molar-refractivity contribution in [1.29, 1.82) is 0 Å². The van der Waals surface area contributed by atoms with Crippen molar-refractivity contribution in [2.75, 3.05) is 13.1 Å². The number of piperidine rings is 1. The zero-order valence-electron chi connectivity index (χ0n) is 11.3. The van der Waals surface area contributed by atoms with E-state index >= 15 is 0 Å². The highest BCUT2D eigenvalue weighted by atomic mass is 16.5. The summed E-state index contributed by atoms with van der Waals surface area (Å²) < 4.78 is 5.72. The Morgan fingerprint density at radius 1 is 1.56 bits per heavy atom. The number of aromatic nitrogens is 1. The largest absolute Gasteiger partial charge is 0.475 e. The van der Waals surface area contributed by atoms with Crippen LogP contribution in [0.3, 0.4) is 0 Å². The number of hydrogen-bond donors (Lipinski definition) is 2. The van der Waals surface area contributed by atoms with Crippen molar-refractivity contribution in [3.8, 4) is 5.88 Å². The Labute approximate surface area is 109 Å². The lowest BCUT2D eigenvalue weighted by atomic mass is 10.1. The lowest BCUT2D eigenvalue weighted by Gasteiger charge is -2.24. The van der Waals surface area contributed by atoms with Gasteiger partial charge in [0, 0.05) is 30.9 Å². The van der Waals surface area contributed by atoms with Crippen molar-refractivity contribution < 1.29 is 4.74 Å². The van der Waals surface area contributed by atoms with E-state index < -0.39 is 0 Å². The van der Waals surface area contributed by atoms with Gasteiger partial charge in [0.2, 0.25) is 5.88 Å². The van der Waals surface area contributed by atoms with Gasteiger partial charge in [-0.05, 0) is 39.3 Å². The van der Waals surface area contributed by atoms with Crippen LogP contribution in [0.5, 0.6) is 5.88 Å². The molecule has 0 saturated carbocycles. The van der Waals surface area contributed by atoms with Crippen LogP contribution in [0.2, 0.25) is 0 Å². The van der Waals surface area contributed by atoms with Gasteiger partial charge in [-0.1, -0.05) is 6.07 Å². The van der Waals surface area contributed by atoms with Crippen molar-refractivity contribution in [2.45, 2.75) is 45.4 Å². The summed E-state index contributed by atoms with van der Waals surface area (Å²) in [7, 11) is 0. The summed E-state index contributed by atoms with van der Waals surface area (Å²) in [4.78, 5) is 4.30. The maximum absolute atomic E-state index is 5.72.